The lowest BCUT2D eigenvalue weighted by atomic mass is 9.99. The van der Waals surface area contributed by atoms with Gasteiger partial charge in [-0.25, -0.2) is 20.0 Å². The number of ether oxygens (including phenoxy) is 2. The largest absolute Gasteiger partial charge is 0.462 e. The number of aliphatic hydroxyl groups is 1. The Morgan fingerprint density at radius 2 is 2.02 bits per heavy atom. The van der Waals surface area contributed by atoms with Crippen molar-refractivity contribution in [3.05, 3.63) is 12.7 Å². The number of esters is 1. The third-order valence-corrected chi connectivity index (χ3v) is 11.5. The summed E-state index contributed by atoms with van der Waals surface area (Å²) < 4.78 is 33.6. The number of rotatable bonds is 10. The predicted octanol–water partition coefficient (Wildman–Crippen LogP) is 3.25. The van der Waals surface area contributed by atoms with E-state index in [1.54, 1.807) is 25.3 Å². The summed E-state index contributed by atoms with van der Waals surface area (Å²) in [7, 11) is -3.89. The zero-order valence-corrected chi connectivity index (χ0v) is 26.6. The van der Waals surface area contributed by atoms with Gasteiger partial charge in [-0.15, -0.1) is 11.6 Å². The fourth-order valence-electron chi connectivity index (χ4n) is 4.84. The van der Waals surface area contributed by atoms with E-state index < -0.39 is 53.4 Å². The van der Waals surface area contributed by atoms with Crippen LogP contribution in [0.5, 0.6) is 0 Å². The van der Waals surface area contributed by atoms with Crippen molar-refractivity contribution in [1.82, 2.24) is 24.6 Å². The third-order valence-electron chi connectivity index (χ3n) is 7.07. The third kappa shape index (κ3) is 6.15. The lowest BCUT2D eigenvalue weighted by molar-refractivity contribution is -0.149. The lowest BCUT2D eigenvalue weighted by Crippen LogP contribution is -2.42. The predicted molar refractivity (Wildman–Crippen MR) is 156 cm³/mol. The molecule has 1 saturated heterocycles. The number of thioether (sulfide) groups is 1. The average Bonchev–Trinajstić information content (AvgIpc) is 3.40. The van der Waals surface area contributed by atoms with Gasteiger partial charge in [-0.3, -0.25) is 18.7 Å². The highest BCUT2D eigenvalue weighted by Gasteiger charge is 2.77. The van der Waals surface area contributed by atoms with Gasteiger partial charge in [-0.1, -0.05) is 32.5 Å². The van der Waals surface area contributed by atoms with Crippen LogP contribution in [-0.4, -0.2) is 82.5 Å². The molecule has 2 aliphatic rings. The molecule has 4 rings (SSSR count). The molecule has 7 atom stereocenters. The number of nitrogens with zero attached hydrogens (tertiary/aromatic N) is 4. The number of carbonyl (C=O) groups excluding carboxylic acids is 2. The van der Waals surface area contributed by atoms with Crippen LogP contribution in [0.4, 0.5) is 5.82 Å². The number of carbonyl (C=O) groups is 2. The number of hydrogen-bond donors (Lipinski definition) is 3. The number of halogens is 1. The second kappa shape index (κ2) is 11.4. The molecule has 4 N–H and O–H groups in total. The molecule has 13 nitrogen and oxygen atoms in total. The van der Waals surface area contributed by atoms with E-state index in [-0.39, 0.29) is 35.8 Å². The Hall–Kier alpha value is -1.80. The first-order valence-electron chi connectivity index (χ1n) is 13.3. The Bertz CT molecular complexity index is 1370. The number of hydrogen-bond acceptors (Lipinski definition) is 12. The van der Waals surface area contributed by atoms with Crippen molar-refractivity contribution >= 4 is 58.9 Å². The molecule has 2 unspecified atom stereocenters. The molecule has 0 bridgehead atoms. The van der Waals surface area contributed by atoms with E-state index in [2.05, 4.69) is 20.0 Å². The van der Waals surface area contributed by atoms with Gasteiger partial charge in [0.05, 0.1) is 24.7 Å². The Labute approximate surface area is 248 Å². The average molecular weight is 633 g/mol. The molecule has 2 aromatic rings. The minimum Gasteiger partial charge on any atom is -0.462 e. The van der Waals surface area contributed by atoms with Gasteiger partial charge in [-0.2, -0.15) is 0 Å². The highest BCUT2D eigenvalue weighted by atomic mass is 35.5. The zero-order valence-electron chi connectivity index (χ0n) is 24.2. The van der Waals surface area contributed by atoms with Crippen LogP contribution >= 0.6 is 30.9 Å². The molecule has 1 saturated carbocycles. The van der Waals surface area contributed by atoms with Gasteiger partial charge in [0, 0.05) is 11.2 Å². The van der Waals surface area contributed by atoms with Crippen LogP contribution in [0.15, 0.2) is 12.7 Å². The lowest BCUT2D eigenvalue weighted by Gasteiger charge is -2.27. The van der Waals surface area contributed by atoms with Gasteiger partial charge in [-0.05, 0) is 34.1 Å². The Kier molecular flexibility index (Phi) is 8.90. The smallest absolute Gasteiger partial charge is 0.323 e. The second-order valence-electron chi connectivity index (χ2n) is 11.9. The van der Waals surface area contributed by atoms with Crippen LogP contribution in [0.25, 0.3) is 11.2 Å². The molecule has 0 radical (unpaired) electrons. The molecule has 0 aromatic carbocycles. The number of aliphatic hydroxyl groups excluding tert-OH is 1. The van der Waals surface area contributed by atoms with Crippen LogP contribution in [0, 0.1) is 5.41 Å². The molecule has 1 aliphatic carbocycles. The van der Waals surface area contributed by atoms with Gasteiger partial charge in [0.15, 0.2) is 22.8 Å². The number of alkyl halides is 1. The van der Waals surface area contributed by atoms with Crippen LogP contribution in [0.1, 0.15) is 61.1 Å². The van der Waals surface area contributed by atoms with Crippen molar-refractivity contribution in [2.75, 3.05) is 18.1 Å². The summed E-state index contributed by atoms with van der Waals surface area (Å²) in [5.74, 6) is -0.186. The van der Waals surface area contributed by atoms with Gasteiger partial charge in [0.1, 0.15) is 34.5 Å². The molecule has 3 heterocycles. The fraction of sp³-hybridized carbons (Fsp3) is 0.720. The number of imidazole rings is 1. The van der Waals surface area contributed by atoms with Crippen molar-refractivity contribution < 1.29 is 33.3 Å². The summed E-state index contributed by atoms with van der Waals surface area (Å²) >= 11 is 7.99. The van der Waals surface area contributed by atoms with Crippen LogP contribution < -0.4 is 10.8 Å². The SMILES string of the molecule is CC(C)OC(=O)[C@@H](C)NP(=O)(OCCSC(=O)C(C)(C)C)[C@H]1CC12O[C@@H](n1cnc3c(N)ncnc31)[C@](C)(Cl)[C@@H]2O. The van der Waals surface area contributed by atoms with Crippen molar-refractivity contribution in [3.63, 3.8) is 0 Å². The number of nitrogens with two attached hydrogens (primary N) is 1. The molecule has 1 aliphatic heterocycles. The van der Waals surface area contributed by atoms with E-state index in [4.69, 9.17) is 31.3 Å². The molecule has 228 valence electrons. The minimum atomic E-state index is -3.89. The summed E-state index contributed by atoms with van der Waals surface area (Å²) in [6.07, 6.45) is 0.262. The van der Waals surface area contributed by atoms with Gasteiger partial charge < -0.3 is 24.8 Å². The van der Waals surface area contributed by atoms with Gasteiger partial charge in [0.2, 0.25) is 0 Å². The number of fused-ring (bicyclic) bond motifs is 1. The quantitative estimate of drug-likeness (QED) is 0.150. The highest BCUT2D eigenvalue weighted by Crippen LogP contribution is 2.72. The summed E-state index contributed by atoms with van der Waals surface area (Å²) in [4.78, 5) is 36.0. The fourth-order valence-corrected chi connectivity index (χ4v) is 8.83. The van der Waals surface area contributed by atoms with Crippen molar-refractivity contribution in [1.29, 1.82) is 0 Å². The molecule has 2 aromatic heterocycles. The molecule has 16 heteroatoms. The highest BCUT2D eigenvalue weighted by molar-refractivity contribution is 8.13. The maximum absolute atomic E-state index is 14.5. The Morgan fingerprint density at radius 1 is 1.34 bits per heavy atom. The summed E-state index contributed by atoms with van der Waals surface area (Å²) in [5.41, 5.74) is 3.90. The minimum absolute atomic E-state index is 0.0343. The van der Waals surface area contributed by atoms with E-state index in [0.29, 0.717) is 11.2 Å². The van der Waals surface area contributed by atoms with Crippen molar-refractivity contribution in [3.8, 4) is 0 Å². The topological polar surface area (TPSA) is 181 Å². The normalized spacial score (nSPS) is 30.0. The molecular weight excluding hydrogens is 595 g/mol. The number of nitrogen functional groups attached to an aromatic ring is 1. The van der Waals surface area contributed by atoms with E-state index in [1.807, 2.05) is 20.8 Å². The number of anilines is 1. The van der Waals surface area contributed by atoms with E-state index in [1.165, 1.54) is 19.6 Å². The molecule has 1 spiro atoms. The first-order valence-corrected chi connectivity index (χ1v) is 16.4. The maximum Gasteiger partial charge on any atom is 0.323 e. The Morgan fingerprint density at radius 3 is 2.66 bits per heavy atom. The second-order valence-corrected chi connectivity index (χ2v) is 16.2. The van der Waals surface area contributed by atoms with Crippen LogP contribution in [0.3, 0.4) is 0 Å². The van der Waals surface area contributed by atoms with Gasteiger partial charge in [0.25, 0.3) is 7.52 Å². The first kappa shape index (κ1) is 32.1. The monoisotopic (exact) mass is 632 g/mol. The molecule has 0 amide bonds. The number of nitrogens with one attached hydrogen (secondary N) is 1. The van der Waals surface area contributed by atoms with E-state index in [0.717, 1.165) is 11.8 Å². The summed E-state index contributed by atoms with van der Waals surface area (Å²) in [6, 6.07) is -0.987. The first-order chi connectivity index (χ1) is 18.9. The molecular formula is C25H38ClN6O7PS. The van der Waals surface area contributed by atoms with Crippen LogP contribution in [0.2, 0.25) is 0 Å². The number of aromatic nitrogens is 4. The van der Waals surface area contributed by atoms with E-state index >= 15 is 0 Å². The van der Waals surface area contributed by atoms with Crippen molar-refractivity contribution in [2.45, 2.75) is 95.5 Å². The molecule has 2 fully saturated rings. The summed E-state index contributed by atoms with van der Waals surface area (Å²) in [5, 5.41) is 14.3. The van der Waals surface area contributed by atoms with E-state index in [9.17, 15) is 19.3 Å². The van der Waals surface area contributed by atoms with Gasteiger partial charge >= 0.3 is 5.97 Å². The zero-order chi connectivity index (χ0) is 30.5. The standard InChI is InChI=1S/C25H38ClN6O7PS/c1-13(2)38-19(33)14(3)31-40(36,37-8-9-41-22(35)23(4,5)6)15-10-25(15)20(34)24(7,26)21(39-25)32-12-30-16-17(27)28-11-29-18(16)32/h11-15,20-21,34H,8-10H2,1-7H3,(H,31,36)(H2,27,28,29)/t14-,15+,20+,21-,24-,25?,40?/m1/s1. The van der Waals surface area contributed by atoms with Crippen molar-refractivity contribution in [2.24, 2.45) is 5.41 Å². The Balaban J connectivity index is 1.59. The van der Waals surface area contributed by atoms with Crippen LogP contribution in [-0.2, 0) is 28.2 Å². The summed E-state index contributed by atoms with van der Waals surface area (Å²) in [6.45, 7) is 12.0. The maximum atomic E-state index is 14.5. The molecule has 41 heavy (non-hydrogen) atoms.